The minimum atomic E-state index is -0.594. The Morgan fingerprint density at radius 2 is 1.95 bits per heavy atom. The van der Waals surface area contributed by atoms with Gasteiger partial charge in [-0.05, 0) is 47.0 Å². The van der Waals surface area contributed by atoms with Gasteiger partial charge in [0.2, 0.25) is 5.91 Å². The third-order valence-electron chi connectivity index (χ3n) is 2.60. The van der Waals surface area contributed by atoms with Crippen molar-refractivity contribution in [2.45, 2.75) is 26.8 Å². The Balaban J connectivity index is 2.63. The summed E-state index contributed by atoms with van der Waals surface area (Å²) in [7, 11) is 0. The molecule has 110 valence electrons. The maximum atomic E-state index is 12.1. The second-order valence-electron chi connectivity index (χ2n) is 4.96. The summed E-state index contributed by atoms with van der Waals surface area (Å²) in [6, 6.07) is 4.29. The lowest BCUT2D eigenvalue weighted by Gasteiger charge is -2.15. The van der Waals surface area contributed by atoms with Crippen LogP contribution in [0.25, 0.3) is 0 Å². The molecule has 0 aromatic heterocycles. The molecule has 1 unspecified atom stereocenters. The van der Waals surface area contributed by atoms with Crippen molar-refractivity contribution in [3.05, 3.63) is 33.3 Å². The fourth-order valence-corrected chi connectivity index (χ4v) is 2.33. The van der Waals surface area contributed by atoms with Gasteiger partial charge in [-0.25, -0.2) is 0 Å². The number of benzene rings is 1. The van der Waals surface area contributed by atoms with Gasteiger partial charge in [-0.2, -0.15) is 0 Å². The number of amides is 2. The van der Waals surface area contributed by atoms with Gasteiger partial charge >= 0.3 is 0 Å². The molecular formula is C14H18BrClN2O2. The normalized spacial score (nSPS) is 12.1. The minimum absolute atomic E-state index is 0.197. The fourth-order valence-electron chi connectivity index (χ4n) is 1.47. The fraction of sp³-hybridized carbons (Fsp3) is 0.429. The van der Waals surface area contributed by atoms with Crippen LogP contribution in [0.1, 0.15) is 31.1 Å². The lowest BCUT2D eigenvalue weighted by atomic mass is 10.2. The highest BCUT2D eigenvalue weighted by molar-refractivity contribution is 9.10. The molecule has 1 aromatic rings. The highest BCUT2D eigenvalue weighted by atomic mass is 79.9. The Kier molecular flexibility index (Phi) is 6.49. The molecule has 6 heteroatoms. The summed E-state index contributed by atoms with van der Waals surface area (Å²) in [6.45, 7) is 6.25. The first-order valence-electron chi connectivity index (χ1n) is 6.35. The number of carbonyl (C=O) groups is 2. The molecule has 20 heavy (non-hydrogen) atoms. The number of nitrogens with one attached hydrogen (secondary N) is 2. The molecule has 1 aromatic carbocycles. The van der Waals surface area contributed by atoms with E-state index >= 15 is 0 Å². The molecule has 0 aliphatic carbocycles. The molecule has 1 atom stereocenters. The summed E-state index contributed by atoms with van der Waals surface area (Å²) < 4.78 is 0.595. The SMILES string of the molecule is CC(C)CNC(=O)C(C)NC(=O)c1ccc(Cl)cc1Br. The predicted molar refractivity (Wildman–Crippen MR) is 83.9 cm³/mol. The zero-order chi connectivity index (χ0) is 15.3. The van der Waals surface area contributed by atoms with Crippen LogP contribution in [0.2, 0.25) is 5.02 Å². The Bertz CT molecular complexity index is 506. The van der Waals surface area contributed by atoms with Crippen LogP contribution in [0.15, 0.2) is 22.7 Å². The molecule has 0 fully saturated rings. The first-order valence-corrected chi connectivity index (χ1v) is 7.52. The highest BCUT2D eigenvalue weighted by Gasteiger charge is 2.18. The van der Waals surface area contributed by atoms with Crippen molar-refractivity contribution < 1.29 is 9.59 Å². The van der Waals surface area contributed by atoms with Crippen molar-refractivity contribution in [3.63, 3.8) is 0 Å². The van der Waals surface area contributed by atoms with E-state index in [4.69, 9.17) is 11.6 Å². The van der Waals surface area contributed by atoms with Gasteiger partial charge in [0.05, 0.1) is 5.56 Å². The van der Waals surface area contributed by atoms with Crippen molar-refractivity contribution in [3.8, 4) is 0 Å². The summed E-state index contributed by atoms with van der Waals surface area (Å²) in [5.74, 6) is -0.148. The van der Waals surface area contributed by atoms with Gasteiger partial charge in [0, 0.05) is 16.0 Å². The number of halogens is 2. The van der Waals surface area contributed by atoms with E-state index in [9.17, 15) is 9.59 Å². The lowest BCUT2D eigenvalue weighted by Crippen LogP contribution is -2.45. The molecule has 0 aliphatic heterocycles. The average molecular weight is 362 g/mol. The van der Waals surface area contributed by atoms with Crippen molar-refractivity contribution in [2.75, 3.05) is 6.54 Å². The van der Waals surface area contributed by atoms with Gasteiger partial charge in [0.25, 0.3) is 5.91 Å². The van der Waals surface area contributed by atoms with Crippen LogP contribution in [-0.2, 0) is 4.79 Å². The summed E-state index contributed by atoms with van der Waals surface area (Å²) in [5, 5.41) is 5.97. The van der Waals surface area contributed by atoms with E-state index in [0.717, 1.165) is 0 Å². The number of hydrogen-bond donors (Lipinski definition) is 2. The van der Waals surface area contributed by atoms with E-state index in [1.165, 1.54) is 0 Å². The van der Waals surface area contributed by atoms with Gasteiger partial charge in [-0.15, -0.1) is 0 Å². The minimum Gasteiger partial charge on any atom is -0.354 e. The van der Waals surface area contributed by atoms with E-state index in [0.29, 0.717) is 27.5 Å². The van der Waals surface area contributed by atoms with Crippen LogP contribution in [0, 0.1) is 5.92 Å². The van der Waals surface area contributed by atoms with Crippen LogP contribution in [0.3, 0.4) is 0 Å². The van der Waals surface area contributed by atoms with E-state index in [2.05, 4.69) is 26.6 Å². The maximum absolute atomic E-state index is 12.1. The molecule has 0 heterocycles. The first kappa shape index (κ1) is 17.0. The second-order valence-corrected chi connectivity index (χ2v) is 6.25. The monoisotopic (exact) mass is 360 g/mol. The molecule has 0 spiro atoms. The van der Waals surface area contributed by atoms with Crippen LogP contribution < -0.4 is 10.6 Å². The van der Waals surface area contributed by atoms with Crippen LogP contribution in [0.4, 0.5) is 0 Å². The van der Waals surface area contributed by atoms with Gasteiger partial charge in [0.15, 0.2) is 0 Å². The molecule has 0 bridgehead atoms. The molecular weight excluding hydrogens is 344 g/mol. The van der Waals surface area contributed by atoms with Gasteiger partial charge in [0.1, 0.15) is 6.04 Å². The molecule has 2 amide bonds. The van der Waals surface area contributed by atoms with Crippen molar-refractivity contribution in [1.82, 2.24) is 10.6 Å². The molecule has 0 radical (unpaired) electrons. The first-order chi connectivity index (χ1) is 9.31. The molecule has 4 nitrogen and oxygen atoms in total. The van der Waals surface area contributed by atoms with Crippen LogP contribution >= 0.6 is 27.5 Å². The van der Waals surface area contributed by atoms with Crippen molar-refractivity contribution in [2.24, 2.45) is 5.92 Å². The summed E-state index contributed by atoms with van der Waals surface area (Å²) in [5.41, 5.74) is 0.443. The standard InChI is InChI=1S/C14H18BrClN2O2/c1-8(2)7-17-13(19)9(3)18-14(20)11-5-4-10(16)6-12(11)15/h4-6,8-9H,7H2,1-3H3,(H,17,19)(H,18,20). The summed E-state index contributed by atoms with van der Waals surface area (Å²) in [4.78, 5) is 23.9. The quantitative estimate of drug-likeness (QED) is 0.847. The maximum Gasteiger partial charge on any atom is 0.253 e. The lowest BCUT2D eigenvalue weighted by molar-refractivity contribution is -0.122. The second kappa shape index (κ2) is 7.64. The van der Waals surface area contributed by atoms with E-state index < -0.39 is 6.04 Å². The largest absolute Gasteiger partial charge is 0.354 e. The van der Waals surface area contributed by atoms with Crippen LogP contribution in [-0.4, -0.2) is 24.4 Å². The zero-order valence-corrected chi connectivity index (χ0v) is 14.0. The number of hydrogen-bond acceptors (Lipinski definition) is 2. The summed E-state index contributed by atoms with van der Waals surface area (Å²) >= 11 is 9.10. The highest BCUT2D eigenvalue weighted by Crippen LogP contribution is 2.21. The van der Waals surface area contributed by atoms with Gasteiger partial charge in [-0.3, -0.25) is 9.59 Å². The molecule has 0 saturated heterocycles. The smallest absolute Gasteiger partial charge is 0.253 e. The predicted octanol–water partition coefficient (Wildman–Crippen LogP) is 2.99. The molecule has 0 aliphatic rings. The Hall–Kier alpha value is -1.07. The van der Waals surface area contributed by atoms with Crippen molar-refractivity contribution in [1.29, 1.82) is 0 Å². The van der Waals surface area contributed by atoms with Crippen molar-refractivity contribution >= 4 is 39.3 Å². The van der Waals surface area contributed by atoms with E-state index in [1.54, 1.807) is 25.1 Å². The van der Waals surface area contributed by atoms with E-state index in [-0.39, 0.29) is 11.8 Å². The average Bonchev–Trinajstić information content (AvgIpc) is 2.35. The Labute approximate surface area is 132 Å². The van der Waals surface area contributed by atoms with E-state index in [1.807, 2.05) is 13.8 Å². The Morgan fingerprint density at radius 1 is 1.30 bits per heavy atom. The number of carbonyl (C=O) groups excluding carboxylic acids is 2. The number of rotatable bonds is 5. The topological polar surface area (TPSA) is 58.2 Å². The molecule has 1 rings (SSSR count). The molecule has 0 saturated carbocycles. The zero-order valence-electron chi connectivity index (χ0n) is 11.7. The van der Waals surface area contributed by atoms with Gasteiger partial charge in [-0.1, -0.05) is 25.4 Å². The third-order valence-corrected chi connectivity index (χ3v) is 3.49. The van der Waals surface area contributed by atoms with Gasteiger partial charge < -0.3 is 10.6 Å². The summed E-state index contributed by atoms with van der Waals surface area (Å²) in [6.07, 6.45) is 0. The Morgan fingerprint density at radius 3 is 2.50 bits per heavy atom. The molecule has 2 N–H and O–H groups in total. The third kappa shape index (κ3) is 5.13. The van der Waals surface area contributed by atoms with Crippen LogP contribution in [0.5, 0.6) is 0 Å².